The first-order chi connectivity index (χ1) is 8.88. The summed E-state index contributed by atoms with van der Waals surface area (Å²) in [6.45, 7) is 2.04. The first-order valence-electron chi connectivity index (χ1n) is 5.74. The fraction of sp³-hybridized carbons (Fsp3) is 0.417. The van der Waals surface area contributed by atoms with Gasteiger partial charge in [0, 0.05) is 15.9 Å². The highest BCUT2D eigenvalue weighted by atomic mass is 79.9. The largest absolute Gasteiger partial charge is 0.416 e. The average Bonchev–Trinajstić information content (AvgIpc) is 2.75. The molecule has 0 fully saturated rings. The highest BCUT2D eigenvalue weighted by Crippen LogP contribution is 2.34. The molecule has 1 N–H and O–H groups in total. The SMILES string of the molecule is CCC1CSC(Nc2cc(Br)cc(C(F)(F)F)c2)=N1. The number of hydrogen-bond donors (Lipinski definition) is 1. The summed E-state index contributed by atoms with van der Waals surface area (Å²) in [5.74, 6) is 0.874. The van der Waals surface area contributed by atoms with Crippen LogP contribution in [0, 0.1) is 0 Å². The van der Waals surface area contributed by atoms with Crippen molar-refractivity contribution >= 4 is 38.5 Å². The van der Waals surface area contributed by atoms with Crippen molar-refractivity contribution in [2.45, 2.75) is 25.6 Å². The molecule has 7 heteroatoms. The molecular formula is C12H12BrF3N2S. The van der Waals surface area contributed by atoms with E-state index in [1.165, 1.54) is 11.8 Å². The van der Waals surface area contributed by atoms with E-state index in [0.29, 0.717) is 15.3 Å². The summed E-state index contributed by atoms with van der Waals surface area (Å²) in [4.78, 5) is 4.40. The number of hydrogen-bond acceptors (Lipinski definition) is 3. The van der Waals surface area contributed by atoms with Crippen molar-refractivity contribution in [3.63, 3.8) is 0 Å². The van der Waals surface area contributed by atoms with E-state index in [0.717, 1.165) is 24.3 Å². The molecule has 2 rings (SSSR count). The summed E-state index contributed by atoms with van der Waals surface area (Å²) in [5.41, 5.74) is -0.287. The summed E-state index contributed by atoms with van der Waals surface area (Å²) in [7, 11) is 0. The van der Waals surface area contributed by atoms with E-state index in [1.807, 2.05) is 6.92 Å². The van der Waals surface area contributed by atoms with Crippen LogP contribution in [0.3, 0.4) is 0 Å². The predicted molar refractivity (Wildman–Crippen MR) is 76.7 cm³/mol. The van der Waals surface area contributed by atoms with Gasteiger partial charge in [-0.25, -0.2) is 0 Å². The predicted octanol–water partition coefficient (Wildman–Crippen LogP) is 4.76. The van der Waals surface area contributed by atoms with Crippen LogP contribution < -0.4 is 5.32 Å². The number of aliphatic imine (C=N–C) groups is 1. The Kier molecular flexibility index (Phi) is 4.45. The van der Waals surface area contributed by atoms with Gasteiger partial charge in [-0.3, -0.25) is 4.99 Å². The number of halogens is 4. The lowest BCUT2D eigenvalue weighted by atomic mass is 10.2. The first-order valence-corrected chi connectivity index (χ1v) is 7.51. The molecule has 1 aliphatic rings. The minimum atomic E-state index is -4.35. The molecule has 0 aromatic heterocycles. The smallest absolute Gasteiger partial charge is 0.335 e. The standard InChI is InChI=1S/C12H12BrF3N2S/c1-2-9-6-19-11(17-9)18-10-4-7(12(14,15)16)3-8(13)5-10/h3-5,9H,2,6H2,1H3,(H,17,18). The maximum atomic E-state index is 12.7. The van der Waals surface area contributed by atoms with E-state index in [1.54, 1.807) is 6.07 Å². The van der Waals surface area contributed by atoms with Crippen molar-refractivity contribution in [1.82, 2.24) is 0 Å². The lowest BCUT2D eigenvalue weighted by Gasteiger charge is -2.11. The van der Waals surface area contributed by atoms with Crippen LogP contribution in [0.25, 0.3) is 0 Å². The second kappa shape index (κ2) is 5.75. The number of benzene rings is 1. The molecule has 0 amide bonds. The Bertz CT molecular complexity index is 502. The molecule has 0 radical (unpaired) electrons. The highest BCUT2D eigenvalue weighted by Gasteiger charge is 2.31. The van der Waals surface area contributed by atoms with Crippen LogP contribution in [0.2, 0.25) is 0 Å². The van der Waals surface area contributed by atoms with Crippen LogP contribution in [0.1, 0.15) is 18.9 Å². The van der Waals surface area contributed by atoms with Crippen LogP contribution in [0.5, 0.6) is 0 Å². The van der Waals surface area contributed by atoms with Gasteiger partial charge in [0.15, 0.2) is 5.17 Å². The average molecular weight is 353 g/mol. The van der Waals surface area contributed by atoms with Gasteiger partial charge in [-0.05, 0) is 24.6 Å². The normalized spacial score (nSPS) is 19.4. The minimum absolute atomic E-state index is 0.252. The van der Waals surface area contributed by atoms with Gasteiger partial charge in [-0.2, -0.15) is 13.2 Å². The van der Waals surface area contributed by atoms with Gasteiger partial charge in [-0.1, -0.05) is 34.6 Å². The molecule has 1 atom stereocenters. The number of alkyl halides is 3. The molecule has 0 saturated carbocycles. The van der Waals surface area contributed by atoms with Crippen molar-refractivity contribution in [3.05, 3.63) is 28.2 Å². The Morgan fingerprint density at radius 1 is 1.42 bits per heavy atom. The van der Waals surface area contributed by atoms with E-state index in [4.69, 9.17) is 0 Å². The van der Waals surface area contributed by atoms with Crippen LogP contribution in [-0.4, -0.2) is 17.0 Å². The maximum absolute atomic E-state index is 12.7. The molecule has 1 heterocycles. The Morgan fingerprint density at radius 2 is 2.16 bits per heavy atom. The molecule has 2 nitrogen and oxygen atoms in total. The van der Waals surface area contributed by atoms with Crippen LogP contribution >= 0.6 is 27.7 Å². The Labute approximate surface area is 122 Å². The summed E-state index contributed by atoms with van der Waals surface area (Å²) in [6.07, 6.45) is -3.42. The first kappa shape index (κ1) is 14.7. The van der Waals surface area contributed by atoms with Crippen LogP contribution in [0.4, 0.5) is 18.9 Å². The molecule has 0 bridgehead atoms. The van der Waals surface area contributed by atoms with Crippen LogP contribution in [-0.2, 0) is 6.18 Å². The zero-order valence-electron chi connectivity index (χ0n) is 10.1. The van der Waals surface area contributed by atoms with Crippen molar-refractivity contribution in [2.24, 2.45) is 4.99 Å². The zero-order valence-corrected chi connectivity index (χ0v) is 12.5. The number of thioether (sulfide) groups is 1. The van der Waals surface area contributed by atoms with Gasteiger partial charge in [0.1, 0.15) is 0 Å². The molecular weight excluding hydrogens is 341 g/mol. The number of amidine groups is 1. The third-order valence-corrected chi connectivity index (χ3v) is 4.15. The molecule has 104 valence electrons. The second-order valence-electron chi connectivity index (χ2n) is 4.16. The molecule has 0 spiro atoms. The van der Waals surface area contributed by atoms with Crippen molar-refractivity contribution in [2.75, 3.05) is 11.1 Å². The molecule has 1 unspecified atom stereocenters. The van der Waals surface area contributed by atoms with E-state index >= 15 is 0 Å². The Hall–Kier alpha value is -0.690. The Morgan fingerprint density at radius 3 is 2.74 bits per heavy atom. The van der Waals surface area contributed by atoms with Gasteiger partial charge >= 0.3 is 6.18 Å². The monoisotopic (exact) mass is 352 g/mol. The van der Waals surface area contributed by atoms with Crippen LogP contribution in [0.15, 0.2) is 27.7 Å². The molecule has 1 aromatic carbocycles. The van der Waals surface area contributed by atoms with Crippen molar-refractivity contribution < 1.29 is 13.2 Å². The van der Waals surface area contributed by atoms with Crippen molar-refractivity contribution in [1.29, 1.82) is 0 Å². The zero-order chi connectivity index (χ0) is 14.0. The van der Waals surface area contributed by atoms with E-state index in [9.17, 15) is 13.2 Å². The number of rotatable bonds is 2. The van der Waals surface area contributed by atoms with Gasteiger partial charge in [0.25, 0.3) is 0 Å². The van der Waals surface area contributed by atoms with E-state index in [2.05, 4.69) is 26.2 Å². The van der Waals surface area contributed by atoms with Crippen molar-refractivity contribution in [3.8, 4) is 0 Å². The highest BCUT2D eigenvalue weighted by molar-refractivity contribution is 9.10. The molecule has 1 aliphatic heterocycles. The van der Waals surface area contributed by atoms with Gasteiger partial charge in [-0.15, -0.1) is 0 Å². The summed E-state index contributed by atoms with van der Waals surface area (Å²) in [5, 5.41) is 3.62. The second-order valence-corrected chi connectivity index (χ2v) is 6.08. The summed E-state index contributed by atoms with van der Waals surface area (Å²) in [6, 6.07) is 4.01. The number of anilines is 1. The molecule has 0 aliphatic carbocycles. The number of nitrogens with one attached hydrogen (secondary N) is 1. The number of nitrogens with zero attached hydrogens (tertiary/aromatic N) is 1. The summed E-state index contributed by atoms with van der Waals surface area (Å²) < 4.78 is 38.5. The van der Waals surface area contributed by atoms with Gasteiger partial charge < -0.3 is 5.32 Å². The minimum Gasteiger partial charge on any atom is -0.335 e. The fourth-order valence-corrected chi connectivity index (χ4v) is 3.21. The lowest BCUT2D eigenvalue weighted by molar-refractivity contribution is -0.137. The third-order valence-electron chi connectivity index (χ3n) is 2.66. The lowest BCUT2D eigenvalue weighted by Crippen LogP contribution is -2.09. The molecule has 1 aromatic rings. The molecule has 19 heavy (non-hydrogen) atoms. The van der Waals surface area contributed by atoms with Gasteiger partial charge in [0.05, 0.1) is 11.6 Å². The summed E-state index contributed by atoms with van der Waals surface area (Å²) >= 11 is 4.63. The fourth-order valence-electron chi connectivity index (χ4n) is 1.64. The van der Waals surface area contributed by atoms with E-state index in [-0.39, 0.29) is 6.04 Å². The van der Waals surface area contributed by atoms with E-state index < -0.39 is 11.7 Å². The topological polar surface area (TPSA) is 24.4 Å². The third kappa shape index (κ3) is 3.89. The Balaban J connectivity index is 2.19. The maximum Gasteiger partial charge on any atom is 0.416 e. The molecule has 0 saturated heterocycles. The van der Waals surface area contributed by atoms with Gasteiger partial charge in [0.2, 0.25) is 0 Å². The quantitative estimate of drug-likeness (QED) is 0.829.